The van der Waals surface area contributed by atoms with Crippen LogP contribution in [0.1, 0.15) is 52.4 Å². The van der Waals surface area contributed by atoms with E-state index in [0.717, 1.165) is 40.5 Å². The second-order valence-electron chi connectivity index (χ2n) is 7.71. The van der Waals surface area contributed by atoms with Gasteiger partial charge in [-0.3, -0.25) is 9.48 Å². The summed E-state index contributed by atoms with van der Waals surface area (Å²) in [5, 5.41) is 17.3. The molecule has 1 atom stereocenters. The monoisotopic (exact) mass is 438 g/mol. The summed E-state index contributed by atoms with van der Waals surface area (Å²) in [6, 6.07) is 1.82. The molecular weight excluding hydrogens is 412 g/mol. The van der Waals surface area contributed by atoms with Gasteiger partial charge in [-0.05, 0) is 46.6 Å². The van der Waals surface area contributed by atoms with Crippen molar-refractivity contribution in [2.24, 2.45) is 7.05 Å². The van der Waals surface area contributed by atoms with Crippen LogP contribution < -0.4 is 5.32 Å². The predicted molar refractivity (Wildman–Crippen MR) is 120 cm³/mol. The van der Waals surface area contributed by atoms with Crippen LogP contribution in [0.2, 0.25) is 0 Å². The fraction of sp³-hybridized carbons (Fsp3) is 0.429. The van der Waals surface area contributed by atoms with Crippen LogP contribution in [0, 0.1) is 27.7 Å². The highest BCUT2D eigenvalue weighted by Gasteiger charge is 2.30. The SMILES string of the molecule is Cc1nc(Nc2nnc(C)s2)cc(C2CCCN2C(=O)/C=C/c2c(C)nn(C)c2C)n1. The van der Waals surface area contributed by atoms with Gasteiger partial charge in [0.25, 0.3) is 0 Å². The molecule has 162 valence electrons. The Labute approximate surface area is 185 Å². The Morgan fingerprint density at radius 3 is 2.71 bits per heavy atom. The smallest absolute Gasteiger partial charge is 0.247 e. The first-order valence-corrected chi connectivity index (χ1v) is 11.0. The van der Waals surface area contributed by atoms with Crippen molar-refractivity contribution in [1.82, 2.24) is 34.8 Å². The summed E-state index contributed by atoms with van der Waals surface area (Å²) in [5.74, 6) is 1.29. The van der Waals surface area contributed by atoms with E-state index in [1.807, 2.05) is 56.5 Å². The van der Waals surface area contributed by atoms with E-state index in [2.05, 4.69) is 30.6 Å². The first-order valence-electron chi connectivity index (χ1n) is 10.2. The van der Waals surface area contributed by atoms with Crippen LogP contribution in [0.4, 0.5) is 10.9 Å². The van der Waals surface area contributed by atoms with Gasteiger partial charge < -0.3 is 10.2 Å². The van der Waals surface area contributed by atoms with Gasteiger partial charge in [0.05, 0.1) is 17.4 Å². The van der Waals surface area contributed by atoms with Crippen molar-refractivity contribution in [2.75, 3.05) is 11.9 Å². The molecule has 3 aromatic rings. The van der Waals surface area contributed by atoms with E-state index in [1.165, 1.54) is 11.3 Å². The molecule has 10 heteroatoms. The van der Waals surface area contributed by atoms with E-state index < -0.39 is 0 Å². The first kappa shape index (κ1) is 21.1. The van der Waals surface area contributed by atoms with Gasteiger partial charge in [-0.1, -0.05) is 11.3 Å². The van der Waals surface area contributed by atoms with Crippen molar-refractivity contribution in [3.63, 3.8) is 0 Å². The summed E-state index contributed by atoms with van der Waals surface area (Å²) < 4.78 is 1.83. The topological polar surface area (TPSA) is 102 Å². The molecule has 1 fully saturated rings. The summed E-state index contributed by atoms with van der Waals surface area (Å²) in [6.45, 7) is 8.42. The largest absolute Gasteiger partial charge is 0.331 e. The summed E-state index contributed by atoms with van der Waals surface area (Å²) in [7, 11) is 1.91. The molecule has 0 radical (unpaired) electrons. The van der Waals surface area contributed by atoms with Gasteiger partial charge >= 0.3 is 0 Å². The Morgan fingerprint density at radius 1 is 1.23 bits per heavy atom. The number of aryl methyl sites for hydroxylation is 4. The number of anilines is 2. The number of carbonyl (C=O) groups is 1. The maximum Gasteiger partial charge on any atom is 0.247 e. The summed E-state index contributed by atoms with van der Waals surface area (Å²) >= 11 is 1.47. The highest BCUT2D eigenvalue weighted by Crippen LogP contribution is 2.32. The molecule has 31 heavy (non-hydrogen) atoms. The average molecular weight is 439 g/mol. The van der Waals surface area contributed by atoms with Gasteiger partial charge in [0, 0.05) is 37.0 Å². The van der Waals surface area contributed by atoms with E-state index in [-0.39, 0.29) is 11.9 Å². The number of hydrogen-bond donors (Lipinski definition) is 1. The Balaban J connectivity index is 1.55. The van der Waals surface area contributed by atoms with Crippen LogP contribution >= 0.6 is 11.3 Å². The summed E-state index contributed by atoms with van der Waals surface area (Å²) in [5.41, 5.74) is 3.78. The van der Waals surface area contributed by atoms with E-state index in [4.69, 9.17) is 0 Å². The van der Waals surface area contributed by atoms with E-state index in [9.17, 15) is 4.79 Å². The van der Waals surface area contributed by atoms with Crippen LogP contribution in [-0.4, -0.2) is 47.3 Å². The van der Waals surface area contributed by atoms with E-state index in [1.54, 1.807) is 6.08 Å². The summed E-state index contributed by atoms with van der Waals surface area (Å²) in [4.78, 5) is 24.0. The predicted octanol–water partition coefficient (Wildman–Crippen LogP) is 3.42. The molecule has 1 N–H and O–H groups in total. The lowest BCUT2D eigenvalue weighted by atomic mass is 10.1. The minimum absolute atomic E-state index is 0.0179. The maximum atomic E-state index is 13.0. The number of nitrogens with zero attached hydrogens (tertiary/aromatic N) is 7. The van der Waals surface area contributed by atoms with Crippen molar-refractivity contribution < 1.29 is 4.79 Å². The van der Waals surface area contributed by atoms with Crippen LogP contribution in [-0.2, 0) is 11.8 Å². The molecule has 1 saturated heterocycles. The molecule has 4 heterocycles. The molecule has 1 aliphatic rings. The molecule has 9 nitrogen and oxygen atoms in total. The fourth-order valence-corrected chi connectivity index (χ4v) is 4.50. The minimum atomic E-state index is -0.0772. The van der Waals surface area contributed by atoms with Crippen molar-refractivity contribution in [3.8, 4) is 0 Å². The molecule has 4 rings (SSSR count). The van der Waals surface area contributed by atoms with Crippen LogP contribution in [0.25, 0.3) is 6.08 Å². The second-order valence-corrected chi connectivity index (χ2v) is 8.89. The zero-order chi connectivity index (χ0) is 22.1. The zero-order valence-corrected chi connectivity index (χ0v) is 19.2. The zero-order valence-electron chi connectivity index (χ0n) is 18.4. The molecule has 3 aromatic heterocycles. The highest BCUT2D eigenvalue weighted by atomic mass is 32.1. The Bertz CT molecular complexity index is 1150. The third kappa shape index (κ3) is 4.48. The van der Waals surface area contributed by atoms with Crippen LogP contribution in [0.15, 0.2) is 12.1 Å². The Hall–Kier alpha value is -3.14. The normalized spacial score (nSPS) is 16.4. The lowest BCUT2D eigenvalue weighted by molar-refractivity contribution is -0.126. The molecule has 0 aromatic carbocycles. The third-order valence-corrected chi connectivity index (χ3v) is 6.21. The number of likely N-dealkylation sites (tertiary alicyclic amines) is 1. The molecule has 0 spiro atoms. The van der Waals surface area contributed by atoms with E-state index in [0.29, 0.717) is 23.3 Å². The fourth-order valence-electron chi connectivity index (χ4n) is 3.90. The molecule has 0 bridgehead atoms. The number of carbonyl (C=O) groups excluding carboxylic acids is 1. The lowest BCUT2D eigenvalue weighted by Crippen LogP contribution is -2.29. The van der Waals surface area contributed by atoms with Crippen LogP contribution in [0.3, 0.4) is 0 Å². The van der Waals surface area contributed by atoms with Gasteiger partial charge in [0.15, 0.2) is 0 Å². The van der Waals surface area contributed by atoms with Gasteiger partial charge in [0.1, 0.15) is 16.6 Å². The summed E-state index contributed by atoms with van der Waals surface area (Å²) in [6.07, 6.45) is 5.33. The van der Waals surface area contributed by atoms with Crippen molar-refractivity contribution in [1.29, 1.82) is 0 Å². The molecule has 0 aliphatic carbocycles. The quantitative estimate of drug-likeness (QED) is 0.609. The molecule has 1 unspecified atom stereocenters. The van der Waals surface area contributed by atoms with Gasteiger partial charge in [-0.15, -0.1) is 10.2 Å². The standard InChI is InChI=1S/C21H26N8OS/c1-12-16(13(2)28(5)27-12)8-9-20(30)29-10-6-7-18(29)17-11-19(23-14(3)22-17)24-21-26-25-15(4)31-21/h8-9,11,18H,6-7,10H2,1-5H3,(H,22,23,24,26)/b9-8+. The molecular formula is C21H26N8OS. The van der Waals surface area contributed by atoms with Crippen molar-refractivity contribution in [3.05, 3.63) is 45.6 Å². The number of hydrogen-bond acceptors (Lipinski definition) is 8. The van der Waals surface area contributed by atoms with Gasteiger partial charge in [0.2, 0.25) is 11.0 Å². The number of nitrogens with one attached hydrogen (secondary N) is 1. The Kier molecular flexibility index (Phi) is 5.81. The van der Waals surface area contributed by atoms with Gasteiger partial charge in [-0.2, -0.15) is 5.10 Å². The maximum absolute atomic E-state index is 13.0. The first-order chi connectivity index (χ1) is 14.8. The molecule has 0 saturated carbocycles. The molecule has 1 aliphatic heterocycles. The highest BCUT2D eigenvalue weighted by molar-refractivity contribution is 7.15. The number of aromatic nitrogens is 6. The van der Waals surface area contributed by atoms with Gasteiger partial charge in [-0.25, -0.2) is 9.97 Å². The average Bonchev–Trinajstić information content (AvgIpc) is 3.41. The van der Waals surface area contributed by atoms with E-state index >= 15 is 0 Å². The van der Waals surface area contributed by atoms with Crippen LogP contribution in [0.5, 0.6) is 0 Å². The minimum Gasteiger partial charge on any atom is -0.331 e. The Morgan fingerprint density at radius 2 is 2.03 bits per heavy atom. The number of amides is 1. The third-order valence-electron chi connectivity index (χ3n) is 5.45. The number of rotatable bonds is 5. The van der Waals surface area contributed by atoms with Crippen molar-refractivity contribution in [2.45, 2.75) is 46.6 Å². The lowest BCUT2D eigenvalue weighted by Gasteiger charge is -2.23. The second kappa shape index (κ2) is 8.54. The molecule has 1 amide bonds. The van der Waals surface area contributed by atoms with Crippen molar-refractivity contribution >= 4 is 34.3 Å².